The van der Waals surface area contributed by atoms with E-state index in [4.69, 9.17) is 4.74 Å². The molecule has 4 heteroatoms. The molecule has 0 aromatic heterocycles. The molecule has 1 fully saturated rings. The van der Waals surface area contributed by atoms with Gasteiger partial charge in [0, 0.05) is 33.4 Å². The molecule has 1 atom stereocenters. The number of likely N-dealkylation sites (N-methyl/N-ethyl adjacent to an activating group) is 1. The Bertz CT molecular complexity index is 175. The van der Waals surface area contributed by atoms with E-state index in [1.54, 1.807) is 19.0 Å². The highest BCUT2D eigenvalue weighted by molar-refractivity contribution is 5.77. The molecular formula is C10H20N2O2. The molecule has 1 heterocycles. The molecule has 1 unspecified atom stereocenters. The second-order valence-corrected chi connectivity index (χ2v) is 3.91. The molecule has 0 radical (unpaired) electrons. The predicted octanol–water partition coefficient (Wildman–Crippen LogP) is 0.233. The van der Waals surface area contributed by atoms with Crippen LogP contribution >= 0.6 is 0 Å². The minimum absolute atomic E-state index is 0.134. The zero-order valence-electron chi connectivity index (χ0n) is 9.08. The van der Waals surface area contributed by atoms with E-state index in [1.807, 2.05) is 0 Å². The minimum Gasteiger partial charge on any atom is -0.381 e. The number of nitrogens with zero attached hydrogens (tertiary/aromatic N) is 1. The van der Waals surface area contributed by atoms with Crippen LogP contribution in [0.1, 0.15) is 19.3 Å². The highest BCUT2D eigenvalue weighted by atomic mass is 16.5. The standard InChI is InChI=1S/C10H20N2O2/c1-12(2)10(13)8-11-9-4-3-6-14-7-5-9/h9,11H,3-8H2,1-2H3. The first-order chi connectivity index (χ1) is 6.70. The van der Waals surface area contributed by atoms with Gasteiger partial charge in [0.15, 0.2) is 0 Å². The van der Waals surface area contributed by atoms with Gasteiger partial charge in [0.2, 0.25) is 5.91 Å². The third kappa shape index (κ3) is 4.07. The van der Waals surface area contributed by atoms with Gasteiger partial charge in [-0.1, -0.05) is 0 Å². The Morgan fingerprint density at radius 3 is 2.93 bits per heavy atom. The maximum absolute atomic E-state index is 11.3. The van der Waals surface area contributed by atoms with Crippen molar-refractivity contribution in [2.45, 2.75) is 25.3 Å². The lowest BCUT2D eigenvalue weighted by Crippen LogP contribution is -2.38. The van der Waals surface area contributed by atoms with Gasteiger partial charge in [0.05, 0.1) is 6.54 Å². The van der Waals surface area contributed by atoms with E-state index < -0.39 is 0 Å². The van der Waals surface area contributed by atoms with E-state index in [0.29, 0.717) is 12.6 Å². The van der Waals surface area contributed by atoms with E-state index in [0.717, 1.165) is 32.5 Å². The summed E-state index contributed by atoms with van der Waals surface area (Å²) in [6.07, 6.45) is 3.22. The molecular weight excluding hydrogens is 180 g/mol. The van der Waals surface area contributed by atoms with Crippen LogP contribution in [-0.4, -0.2) is 50.7 Å². The van der Waals surface area contributed by atoms with Crippen LogP contribution in [0, 0.1) is 0 Å². The van der Waals surface area contributed by atoms with Gasteiger partial charge < -0.3 is 15.0 Å². The molecule has 0 aromatic carbocycles. The summed E-state index contributed by atoms with van der Waals surface area (Å²) in [5.74, 6) is 0.134. The summed E-state index contributed by atoms with van der Waals surface area (Å²) >= 11 is 0. The van der Waals surface area contributed by atoms with Crippen LogP contribution in [0.25, 0.3) is 0 Å². The smallest absolute Gasteiger partial charge is 0.236 e. The van der Waals surface area contributed by atoms with Crippen molar-refractivity contribution in [3.8, 4) is 0 Å². The summed E-state index contributed by atoms with van der Waals surface area (Å²) in [5, 5.41) is 3.27. The predicted molar refractivity (Wildman–Crippen MR) is 55.2 cm³/mol. The van der Waals surface area contributed by atoms with E-state index in [1.165, 1.54) is 0 Å². The third-order valence-corrected chi connectivity index (χ3v) is 2.49. The van der Waals surface area contributed by atoms with Gasteiger partial charge in [-0.3, -0.25) is 4.79 Å². The van der Waals surface area contributed by atoms with Crippen LogP contribution in [0.2, 0.25) is 0 Å². The van der Waals surface area contributed by atoms with E-state index in [-0.39, 0.29) is 5.91 Å². The quantitative estimate of drug-likeness (QED) is 0.709. The molecule has 0 aromatic rings. The topological polar surface area (TPSA) is 41.6 Å². The van der Waals surface area contributed by atoms with Crippen molar-refractivity contribution in [1.82, 2.24) is 10.2 Å². The average Bonchev–Trinajstić information content (AvgIpc) is 2.42. The maximum Gasteiger partial charge on any atom is 0.236 e. The van der Waals surface area contributed by atoms with Crippen molar-refractivity contribution in [3.05, 3.63) is 0 Å². The number of rotatable bonds is 3. The lowest BCUT2D eigenvalue weighted by Gasteiger charge is -2.17. The van der Waals surface area contributed by atoms with E-state index in [2.05, 4.69) is 5.32 Å². The van der Waals surface area contributed by atoms with Gasteiger partial charge in [-0.25, -0.2) is 0 Å². The van der Waals surface area contributed by atoms with Crippen molar-refractivity contribution in [2.75, 3.05) is 33.9 Å². The maximum atomic E-state index is 11.3. The van der Waals surface area contributed by atoms with Crippen molar-refractivity contribution >= 4 is 5.91 Å². The molecule has 4 nitrogen and oxygen atoms in total. The molecule has 1 N–H and O–H groups in total. The summed E-state index contributed by atoms with van der Waals surface area (Å²) in [4.78, 5) is 12.9. The normalized spacial score (nSPS) is 22.9. The Labute approximate surface area is 85.6 Å². The molecule has 1 rings (SSSR count). The molecule has 1 saturated heterocycles. The summed E-state index contributed by atoms with van der Waals surface area (Å²) < 4.78 is 5.34. The highest BCUT2D eigenvalue weighted by Gasteiger charge is 2.13. The number of hydrogen-bond acceptors (Lipinski definition) is 3. The SMILES string of the molecule is CN(C)C(=O)CNC1CCCOCC1. The number of hydrogen-bond donors (Lipinski definition) is 1. The second-order valence-electron chi connectivity index (χ2n) is 3.91. The summed E-state index contributed by atoms with van der Waals surface area (Å²) in [5.41, 5.74) is 0. The van der Waals surface area contributed by atoms with Crippen LogP contribution in [0.3, 0.4) is 0 Å². The molecule has 1 aliphatic rings. The second kappa shape index (κ2) is 5.98. The van der Waals surface area contributed by atoms with Crippen LogP contribution < -0.4 is 5.32 Å². The Kier molecular flexibility index (Phi) is 4.90. The van der Waals surface area contributed by atoms with Crippen molar-refractivity contribution in [1.29, 1.82) is 0 Å². The van der Waals surface area contributed by atoms with Crippen LogP contribution in [0.5, 0.6) is 0 Å². The average molecular weight is 200 g/mol. The number of carbonyl (C=O) groups excluding carboxylic acids is 1. The number of nitrogens with one attached hydrogen (secondary N) is 1. The third-order valence-electron chi connectivity index (χ3n) is 2.49. The van der Waals surface area contributed by atoms with Crippen LogP contribution in [-0.2, 0) is 9.53 Å². The lowest BCUT2D eigenvalue weighted by molar-refractivity contribution is -0.127. The zero-order valence-corrected chi connectivity index (χ0v) is 9.08. The number of carbonyl (C=O) groups is 1. The molecule has 1 aliphatic heterocycles. The van der Waals surface area contributed by atoms with Crippen molar-refractivity contribution in [3.63, 3.8) is 0 Å². The first kappa shape index (κ1) is 11.5. The first-order valence-corrected chi connectivity index (χ1v) is 5.21. The molecule has 0 saturated carbocycles. The molecule has 0 aliphatic carbocycles. The van der Waals surface area contributed by atoms with Gasteiger partial charge in [-0.05, 0) is 19.3 Å². The Balaban J connectivity index is 2.19. The molecule has 14 heavy (non-hydrogen) atoms. The largest absolute Gasteiger partial charge is 0.381 e. The molecule has 0 bridgehead atoms. The van der Waals surface area contributed by atoms with E-state index >= 15 is 0 Å². The van der Waals surface area contributed by atoms with Crippen molar-refractivity contribution < 1.29 is 9.53 Å². The highest BCUT2D eigenvalue weighted by Crippen LogP contribution is 2.07. The molecule has 1 amide bonds. The Morgan fingerprint density at radius 1 is 1.43 bits per heavy atom. The zero-order chi connectivity index (χ0) is 10.4. The molecule has 82 valence electrons. The number of ether oxygens (including phenoxy) is 1. The van der Waals surface area contributed by atoms with Crippen molar-refractivity contribution in [2.24, 2.45) is 0 Å². The van der Waals surface area contributed by atoms with Crippen LogP contribution in [0.4, 0.5) is 0 Å². The summed E-state index contributed by atoms with van der Waals surface area (Å²) in [6, 6.07) is 0.446. The minimum atomic E-state index is 0.134. The fraction of sp³-hybridized carbons (Fsp3) is 0.900. The Morgan fingerprint density at radius 2 is 2.21 bits per heavy atom. The van der Waals surface area contributed by atoms with Gasteiger partial charge in [-0.15, -0.1) is 0 Å². The monoisotopic (exact) mass is 200 g/mol. The fourth-order valence-corrected chi connectivity index (χ4v) is 1.50. The number of amides is 1. The van der Waals surface area contributed by atoms with Gasteiger partial charge >= 0.3 is 0 Å². The van der Waals surface area contributed by atoms with Crippen LogP contribution in [0.15, 0.2) is 0 Å². The summed E-state index contributed by atoms with van der Waals surface area (Å²) in [6.45, 7) is 2.12. The Hall–Kier alpha value is -0.610. The summed E-state index contributed by atoms with van der Waals surface area (Å²) in [7, 11) is 3.56. The van der Waals surface area contributed by atoms with Gasteiger partial charge in [0.1, 0.15) is 0 Å². The molecule has 0 spiro atoms. The first-order valence-electron chi connectivity index (χ1n) is 5.21. The lowest BCUT2D eigenvalue weighted by atomic mass is 10.1. The van der Waals surface area contributed by atoms with Gasteiger partial charge in [-0.2, -0.15) is 0 Å². The van der Waals surface area contributed by atoms with E-state index in [9.17, 15) is 4.79 Å². The fourth-order valence-electron chi connectivity index (χ4n) is 1.50. The van der Waals surface area contributed by atoms with Gasteiger partial charge in [0.25, 0.3) is 0 Å².